The van der Waals surface area contributed by atoms with Gasteiger partial charge in [0.2, 0.25) is 10.0 Å². The molecule has 1 saturated carbocycles. The average Bonchev–Trinajstić information content (AvgIpc) is 3.06. The van der Waals surface area contributed by atoms with Gasteiger partial charge in [0.25, 0.3) is 5.91 Å². The smallest absolute Gasteiger partial charge is 0.273 e. The van der Waals surface area contributed by atoms with Crippen molar-refractivity contribution in [3.8, 4) is 0 Å². The van der Waals surface area contributed by atoms with Crippen LogP contribution >= 0.6 is 11.3 Å². The maximum atomic E-state index is 12.6. The molecule has 3 rings (SSSR count). The summed E-state index contributed by atoms with van der Waals surface area (Å²) in [5, 5.41) is 2.32. The summed E-state index contributed by atoms with van der Waals surface area (Å²) in [5.74, 6) is 0.483. The maximum absolute atomic E-state index is 12.6. The highest BCUT2D eigenvalue weighted by molar-refractivity contribution is 7.88. The van der Waals surface area contributed by atoms with Gasteiger partial charge in [-0.3, -0.25) is 4.79 Å². The van der Waals surface area contributed by atoms with Crippen LogP contribution in [0.1, 0.15) is 46.4 Å². The van der Waals surface area contributed by atoms with Gasteiger partial charge in [-0.05, 0) is 30.7 Å². The van der Waals surface area contributed by atoms with Crippen LogP contribution in [0.3, 0.4) is 0 Å². The number of amides is 1. The Morgan fingerprint density at radius 1 is 1.33 bits per heavy atom. The van der Waals surface area contributed by atoms with Crippen LogP contribution in [-0.2, 0) is 16.4 Å². The van der Waals surface area contributed by atoms with E-state index in [1.165, 1.54) is 30.6 Å². The van der Waals surface area contributed by atoms with E-state index in [0.29, 0.717) is 23.0 Å². The number of hydrogen-bond donors (Lipinski definition) is 1. The largest absolute Gasteiger partial charge is 0.340 e. The van der Waals surface area contributed by atoms with Gasteiger partial charge in [-0.1, -0.05) is 36.8 Å². The number of thiazole rings is 1. The molecule has 1 atom stereocenters. The molecular weight excluding hydrogens is 382 g/mol. The van der Waals surface area contributed by atoms with E-state index in [2.05, 4.69) is 9.71 Å². The number of aromatic nitrogens is 1. The lowest BCUT2D eigenvalue weighted by atomic mass is 9.85. The minimum absolute atomic E-state index is 0.109. The summed E-state index contributed by atoms with van der Waals surface area (Å²) < 4.78 is 26.3. The van der Waals surface area contributed by atoms with Crippen LogP contribution in [0.5, 0.6) is 0 Å². The van der Waals surface area contributed by atoms with Crippen LogP contribution in [-0.4, -0.2) is 44.1 Å². The van der Waals surface area contributed by atoms with Crippen molar-refractivity contribution in [1.82, 2.24) is 14.6 Å². The number of hydrogen-bond acceptors (Lipinski definition) is 5. The highest BCUT2D eigenvalue weighted by atomic mass is 32.2. The minimum atomic E-state index is -3.41. The molecule has 0 spiro atoms. The topological polar surface area (TPSA) is 79.4 Å². The molecule has 1 aromatic carbocycles. The van der Waals surface area contributed by atoms with Crippen molar-refractivity contribution in [1.29, 1.82) is 0 Å². The third kappa shape index (κ3) is 5.60. The van der Waals surface area contributed by atoms with Gasteiger partial charge in [0.15, 0.2) is 0 Å². The van der Waals surface area contributed by atoms with Crippen LogP contribution in [0.2, 0.25) is 0 Å². The zero-order valence-corrected chi connectivity index (χ0v) is 17.2. The van der Waals surface area contributed by atoms with Crippen LogP contribution < -0.4 is 4.72 Å². The van der Waals surface area contributed by atoms with E-state index in [1.54, 1.807) is 17.3 Å². The molecule has 2 aromatic rings. The Bertz CT molecular complexity index is 877. The van der Waals surface area contributed by atoms with E-state index in [4.69, 9.17) is 0 Å². The molecule has 0 aliphatic heterocycles. The molecule has 1 heterocycles. The number of nitrogens with one attached hydrogen (secondary N) is 1. The van der Waals surface area contributed by atoms with Gasteiger partial charge in [-0.25, -0.2) is 18.1 Å². The van der Waals surface area contributed by atoms with Crippen LogP contribution in [0.25, 0.3) is 0 Å². The highest BCUT2D eigenvalue weighted by Gasteiger charge is 2.25. The predicted molar refractivity (Wildman–Crippen MR) is 107 cm³/mol. The van der Waals surface area contributed by atoms with Crippen LogP contribution in [0.4, 0.5) is 0 Å². The Hall–Kier alpha value is -1.77. The van der Waals surface area contributed by atoms with E-state index in [-0.39, 0.29) is 5.91 Å². The number of benzene rings is 1. The molecule has 27 heavy (non-hydrogen) atoms. The second kappa shape index (κ2) is 8.50. The fourth-order valence-corrected chi connectivity index (χ4v) is 4.80. The quantitative estimate of drug-likeness (QED) is 0.730. The molecule has 1 N–H and O–H groups in total. The van der Waals surface area contributed by atoms with Crippen molar-refractivity contribution in [2.24, 2.45) is 5.92 Å². The fraction of sp³-hybridized carbons (Fsp3) is 0.474. The summed E-state index contributed by atoms with van der Waals surface area (Å²) in [7, 11) is -1.61. The van der Waals surface area contributed by atoms with Crippen molar-refractivity contribution >= 4 is 27.3 Å². The molecular formula is C19H25N3O3S2. The number of carbonyl (C=O) groups is 1. The van der Waals surface area contributed by atoms with Gasteiger partial charge >= 0.3 is 0 Å². The molecule has 0 bridgehead atoms. The van der Waals surface area contributed by atoms with E-state index in [1.807, 2.05) is 30.3 Å². The summed E-state index contributed by atoms with van der Waals surface area (Å²) in [6.45, 7) is 0.751. The Labute approximate surface area is 164 Å². The lowest BCUT2D eigenvalue weighted by molar-refractivity contribution is 0.0740. The van der Waals surface area contributed by atoms with Crippen LogP contribution in [0.15, 0.2) is 35.7 Å². The first-order chi connectivity index (χ1) is 12.8. The molecule has 1 aliphatic rings. The molecule has 0 unspecified atom stereocenters. The molecule has 1 aliphatic carbocycles. The molecule has 0 radical (unpaired) electrons. The number of rotatable bonds is 8. The third-order valence-electron chi connectivity index (χ3n) is 4.78. The molecule has 146 valence electrons. The van der Waals surface area contributed by atoms with Crippen LogP contribution in [0, 0.1) is 5.92 Å². The zero-order chi connectivity index (χ0) is 19.4. The fourth-order valence-electron chi connectivity index (χ4n) is 3.17. The van der Waals surface area contributed by atoms with E-state index < -0.39 is 16.1 Å². The Morgan fingerprint density at radius 3 is 2.63 bits per heavy atom. The highest BCUT2D eigenvalue weighted by Crippen LogP contribution is 2.28. The number of carbonyl (C=O) groups excluding carboxylic acids is 1. The minimum Gasteiger partial charge on any atom is -0.340 e. The Balaban J connectivity index is 1.75. The second-order valence-corrected chi connectivity index (χ2v) is 9.86. The van der Waals surface area contributed by atoms with Crippen molar-refractivity contribution in [2.45, 2.75) is 31.7 Å². The third-order valence-corrected chi connectivity index (χ3v) is 6.45. The Kier molecular flexibility index (Phi) is 6.29. The van der Waals surface area contributed by atoms with Gasteiger partial charge in [-0.2, -0.15) is 0 Å². The predicted octanol–water partition coefficient (Wildman–Crippen LogP) is 2.85. The van der Waals surface area contributed by atoms with Gasteiger partial charge < -0.3 is 4.90 Å². The van der Waals surface area contributed by atoms with E-state index >= 15 is 0 Å². The monoisotopic (exact) mass is 407 g/mol. The summed E-state index contributed by atoms with van der Waals surface area (Å²) in [4.78, 5) is 18.8. The first-order valence-corrected chi connectivity index (χ1v) is 11.8. The van der Waals surface area contributed by atoms with Gasteiger partial charge in [0.05, 0.1) is 12.3 Å². The van der Waals surface area contributed by atoms with Crippen molar-refractivity contribution in [2.75, 3.05) is 19.8 Å². The molecule has 0 saturated heterocycles. The zero-order valence-electron chi connectivity index (χ0n) is 15.6. The number of sulfonamides is 1. The van der Waals surface area contributed by atoms with Crippen molar-refractivity contribution < 1.29 is 13.2 Å². The standard InChI is InChI=1S/C19H25N3O3S2/c1-22(12-15-9-6-10-15)19(23)17-13-26-18(20-17)16(21-27(2,24)25)11-14-7-4-3-5-8-14/h3-5,7-8,13,15-16,21H,6,9-12H2,1-2H3/t16-/m1/s1. The summed E-state index contributed by atoms with van der Waals surface area (Å²) in [6, 6.07) is 9.15. The SMILES string of the molecule is CN(CC1CCC1)C(=O)c1csc([C@@H](Cc2ccccc2)NS(C)(=O)=O)n1. The normalized spacial score (nSPS) is 15.9. The molecule has 1 amide bonds. The van der Waals surface area contributed by atoms with E-state index in [0.717, 1.165) is 18.4 Å². The molecule has 8 heteroatoms. The van der Waals surface area contributed by atoms with Crippen molar-refractivity contribution in [3.63, 3.8) is 0 Å². The lowest BCUT2D eigenvalue weighted by Crippen LogP contribution is -2.34. The lowest BCUT2D eigenvalue weighted by Gasteiger charge is -2.29. The summed E-state index contributed by atoms with van der Waals surface area (Å²) in [6.07, 6.45) is 5.21. The molecule has 1 aromatic heterocycles. The first-order valence-electron chi connectivity index (χ1n) is 9.04. The summed E-state index contributed by atoms with van der Waals surface area (Å²) >= 11 is 1.32. The maximum Gasteiger partial charge on any atom is 0.273 e. The first kappa shape index (κ1) is 20.0. The average molecular weight is 408 g/mol. The summed E-state index contributed by atoms with van der Waals surface area (Å²) in [5.41, 5.74) is 1.38. The molecule has 6 nitrogen and oxygen atoms in total. The van der Waals surface area contributed by atoms with Gasteiger partial charge in [-0.15, -0.1) is 11.3 Å². The van der Waals surface area contributed by atoms with Crippen molar-refractivity contribution in [3.05, 3.63) is 52.0 Å². The van der Waals surface area contributed by atoms with E-state index in [9.17, 15) is 13.2 Å². The second-order valence-electron chi connectivity index (χ2n) is 7.19. The van der Waals surface area contributed by atoms with Gasteiger partial charge in [0.1, 0.15) is 10.7 Å². The Morgan fingerprint density at radius 2 is 2.04 bits per heavy atom. The molecule has 1 fully saturated rings. The number of nitrogens with zero attached hydrogens (tertiary/aromatic N) is 2. The van der Waals surface area contributed by atoms with Gasteiger partial charge in [0, 0.05) is 19.0 Å².